The molecule has 24 heavy (non-hydrogen) atoms. The summed E-state index contributed by atoms with van der Waals surface area (Å²) in [6.07, 6.45) is 0. The number of nitrogens with zero attached hydrogens (tertiary/aromatic N) is 1. The fourth-order valence-electron chi connectivity index (χ4n) is 2.27. The maximum atomic E-state index is 12.6. The molecule has 0 aliphatic heterocycles. The quantitative estimate of drug-likeness (QED) is 0.582. The number of guanidine groups is 1. The van der Waals surface area contributed by atoms with Gasteiger partial charge in [0.05, 0.1) is 5.02 Å². The summed E-state index contributed by atoms with van der Waals surface area (Å²) in [5.74, 6) is 0.222. The van der Waals surface area contributed by atoms with Gasteiger partial charge in [-0.1, -0.05) is 42.7 Å². The molecule has 1 aromatic heterocycles. The minimum absolute atomic E-state index is 0.0591. The molecule has 6 nitrogen and oxygen atoms in total. The lowest BCUT2D eigenvalue weighted by Crippen LogP contribution is -2.41. The number of rotatable bonds is 4. The van der Waals surface area contributed by atoms with Gasteiger partial charge in [-0.05, 0) is 31.4 Å². The Bertz CT molecular complexity index is 748. The van der Waals surface area contributed by atoms with E-state index in [1.807, 2.05) is 32.9 Å². The van der Waals surface area contributed by atoms with Crippen LogP contribution in [0.25, 0.3) is 11.3 Å². The van der Waals surface area contributed by atoms with Gasteiger partial charge in [-0.25, -0.2) is 0 Å². The summed E-state index contributed by atoms with van der Waals surface area (Å²) in [4.78, 5) is 12.6. The minimum Gasteiger partial charge on any atom is -0.360 e. The number of hydrogen-bond acceptors (Lipinski definition) is 4. The maximum absolute atomic E-state index is 12.6. The van der Waals surface area contributed by atoms with Crippen molar-refractivity contribution in [2.45, 2.75) is 27.7 Å². The van der Waals surface area contributed by atoms with Crippen molar-refractivity contribution in [3.05, 3.63) is 40.1 Å². The molecule has 0 saturated heterocycles. The highest BCUT2D eigenvalue weighted by atomic mass is 35.5. The highest BCUT2D eigenvalue weighted by Crippen LogP contribution is 2.33. The van der Waals surface area contributed by atoms with Crippen LogP contribution in [-0.4, -0.2) is 23.6 Å². The molecule has 7 heteroatoms. The Morgan fingerprint density at radius 1 is 1.38 bits per heavy atom. The molecular formula is C17H21ClN4O2. The van der Waals surface area contributed by atoms with Gasteiger partial charge in [0.15, 0.2) is 5.96 Å². The topological polar surface area (TPSA) is 91.0 Å². The molecule has 0 bridgehead atoms. The van der Waals surface area contributed by atoms with E-state index in [2.05, 4.69) is 15.8 Å². The average Bonchev–Trinajstić information content (AvgIpc) is 2.86. The molecule has 0 aliphatic carbocycles. The van der Waals surface area contributed by atoms with Crippen molar-refractivity contribution in [1.29, 1.82) is 5.41 Å². The molecule has 1 heterocycles. The summed E-state index contributed by atoms with van der Waals surface area (Å²) in [6, 6.07) is 5.46. The molecule has 0 atom stereocenters. The molecule has 0 unspecified atom stereocenters. The van der Waals surface area contributed by atoms with Crippen LogP contribution in [0.15, 0.2) is 22.7 Å². The van der Waals surface area contributed by atoms with E-state index >= 15 is 0 Å². The summed E-state index contributed by atoms with van der Waals surface area (Å²) in [7, 11) is 0. The van der Waals surface area contributed by atoms with Crippen molar-refractivity contribution in [3.8, 4) is 11.3 Å². The normalized spacial score (nSPS) is 10.8. The second-order valence-electron chi connectivity index (χ2n) is 6.00. The van der Waals surface area contributed by atoms with Crippen LogP contribution in [0.5, 0.6) is 0 Å². The molecule has 2 rings (SSSR count). The smallest absolute Gasteiger partial charge is 0.263 e. The van der Waals surface area contributed by atoms with E-state index in [1.54, 1.807) is 13.0 Å². The Morgan fingerprint density at radius 3 is 2.71 bits per heavy atom. The Labute approximate surface area is 146 Å². The van der Waals surface area contributed by atoms with Crippen LogP contribution in [-0.2, 0) is 0 Å². The van der Waals surface area contributed by atoms with Crippen molar-refractivity contribution in [1.82, 2.24) is 15.8 Å². The molecule has 2 aromatic rings. The number of hydrogen-bond donors (Lipinski definition) is 3. The van der Waals surface area contributed by atoms with Crippen molar-refractivity contribution >= 4 is 23.5 Å². The largest absolute Gasteiger partial charge is 0.360 e. The SMILES string of the molecule is Cc1cccc(Cl)c1-c1noc(C)c1C(=O)NC(=N)NCC(C)C. The zero-order chi connectivity index (χ0) is 17.9. The molecule has 0 saturated carbocycles. The third kappa shape index (κ3) is 3.94. The number of aryl methyl sites for hydroxylation is 2. The Hall–Kier alpha value is -2.34. The number of amides is 1. The monoisotopic (exact) mass is 348 g/mol. The first-order valence-electron chi connectivity index (χ1n) is 7.66. The Morgan fingerprint density at radius 2 is 2.08 bits per heavy atom. The second kappa shape index (κ2) is 7.49. The number of aromatic nitrogens is 1. The number of carbonyl (C=O) groups excluding carboxylic acids is 1. The van der Waals surface area contributed by atoms with E-state index in [-0.39, 0.29) is 11.5 Å². The van der Waals surface area contributed by atoms with Crippen molar-refractivity contribution in [3.63, 3.8) is 0 Å². The highest BCUT2D eigenvalue weighted by molar-refractivity contribution is 6.33. The molecule has 0 radical (unpaired) electrons. The number of nitrogens with one attached hydrogen (secondary N) is 3. The van der Waals surface area contributed by atoms with Gasteiger partial charge >= 0.3 is 0 Å². The van der Waals surface area contributed by atoms with E-state index in [0.717, 1.165) is 5.56 Å². The zero-order valence-corrected chi connectivity index (χ0v) is 14.9. The molecule has 128 valence electrons. The summed E-state index contributed by atoms with van der Waals surface area (Å²) >= 11 is 6.27. The van der Waals surface area contributed by atoms with Gasteiger partial charge < -0.3 is 9.84 Å². The standard InChI is InChI=1S/C17H21ClN4O2/c1-9(2)8-20-17(19)21-16(23)14-11(4)24-22-15(14)13-10(3)6-5-7-12(13)18/h5-7,9H,8H2,1-4H3,(H3,19,20,21,23). The fraction of sp³-hybridized carbons (Fsp3) is 0.353. The molecular weight excluding hydrogens is 328 g/mol. The van der Waals surface area contributed by atoms with E-state index in [9.17, 15) is 4.79 Å². The third-order valence-corrected chi connectivity index (χ3v) is 3.79. The van der Waals surface area contributed by atoms with Gasteiger partial charge in [0.25, 0.3) is 5.91 Å². The average molecular weight is 349 g/mol. The third-order valence-electron chi connectivity index (χ3n) is 3.47. The second-order valence-corrected chi connectivity index (χ2v) is 6.41. The van der Waals surface area contributed by atoms with E-state index in [0.29, 0.717) is 34.5 Å². The van der Waals surface area contributed by atoms with Crippen LogP contribution in [0.3, 0.4) is 0 Å². The molecule has 1 amide bonds. The summed E-state index contributed by atoms with van der Waals surface area (Å²) in [6.45, 7) is 8.18. The van der Waals surface area contributed by atoms with Crippen molar-refractivity contribution in [2.75, 3.05) is 6.54 Å². The van der Waals surface area contributed by atoms with Gasteiger partial charge in [0.2, 0.25) is 0 Å². The number of carbonyl (C=O) groups is 1. The van der Waals surface area contributed by atoms with E-state index < -0.39 is 5.91 Å². The maximum Gasteiger partial charge on any atom is 0.263 e. The van der Waals surface area contributed by atoms with Gasteiger partial charge in [-0.15, -0.1) is 0 Å². The number of benzene rings is 1. The minimum atomic E-state index is -0.454. The molecule has 0 aliphatic rings. The predicted octanol–water partition coefficient (Wildman–Crippen LogP) is 3.52. The lowest BCUT2D eigenvalue weighted by Gasteiger charge is -2.12. The van der Waals surface area contributed by atoms with Gasteiger partial charge in [0.1, 0.15) is 17.0 Å². The van der Waals surface area contributed by atoms with Gasteiger partial charge in [-0.3, -0.25) is 15.5 Å². The zero-order valence-electron chi connectivity index (χ0n) is 14.2. The molecule has 3 N–H and O–H groups in total. The highest BCUT2D eigenvalue weighted by Gasteiger charge is 2.24. The first kappa shape index (κ1) is 18.0. The van der Waals surface area contributed by atoms with Crippen molar-refractivity contribution < 1.29 is 9.32 Å². The molecule has 0 spiro atoms. The summed E-state index contributed by atoms with van der Waals surface area (Å²) in [5.41, 5.74) is 2.20. The summed E-state index contributed by atoms with van der Waals surface area (Å²) < 4.78 is 5.20. The molecule has 1 aromatic carbocycles. The van der Waals surface area contributed by atoms with Crippen LogP contribution < -0.4 is 10.6 Å². The van der Waals surface area contributed by atoms with E-state index in [1.165, 1.54) is 0 Å². The van der Waals surface area contributed by atoms with Crippen molar-refractivity contribution in [2.24, 2.45) is 5.92 Å². The van der Waals surface area contributed by atoms with Crippen LogP contribution in [0.2, 0.25) is 5.02 Å². The van der Waals surface area contributed by atoms with Crippen LogP contribution in [0.4, 0.5) is 0 Å². The van der Waals surface area contributed by atoms with E-state index in [4.69, 9.17) is 21.5 Å². The van der Waals surface area contributed by atoms with Crippen LogP contribution >= 0.6 is 11.6 Å². The fourth-order valence-corrected chi connectivity index (χ4v) is 2.58. The first-order chi connectivity index (χ1) is 11.3. The predicted molar refractivity (Wildman–Crippen MR) is 94.5 cm³/mol. The number of halogens is 1. The molecule has 0 fully saturated rings. The lowest BCUT2D eigenvalue weighted by atomic mass is 10.0. The van der Waals surface area contributed by atoms with Crippen LogP contribution in [0, 0.1) is 25.2 Å². The van der Waals surface area contributed by atoms with Gasteiger partial charge in [0, 0.05) is 12.1 Å². The summed E-state index contributed by atoms with van der Waals surface area (Å²) in [5, 5.41) is 17.7. The lowest BCUT2D eigenvalue weighted by molar-refractivity contribution is 0.0974. The Balaban J connectivity index is 2.30. The van der Waals surface area contributed by atoms with Gasteiger partial charge in [-0.2, -0.15) is 0 Å². The first-order valence-corrected chi connectivity index (χ1v) is 8.04. The Kier molecular flexibility index (Phi) is 5.62. The van der Waals surface area contributed by atoms with Crippen LogP contribution in [0.1, 0.15) is 35.5 Å².